The van der Waals surface area contributed by atoms with Crippen LogP contribution in [-0.4, -0.2) is 46.4 Å². The average Bonchev–Trinajstić information content (AvgIpc) is 3.16. The van der Waals surface area contributed by atoms with Crippen molar-refractivity contribution in [2.45, 2.75) is 63.6 Å². The number of carboxylic acids is 1. The number of nitrogens with zero attached hydrogens (tertiary/aromatic N) is 1. The number of likely N-dealkylation sites (tertiary alicyclic amines) is 1. The molecule has 0 aliphatic carbocycles. The summed E-state index contributed by atoms with van der Waals surface area (Å²) in [5.74, 6) is -2.57. The number of amides is 1. The Morgan fingerprint density at radius 2 is 1.84 bits per heavy atom. The van der Waals surface area contributed by atoms with Gasteiger partial charge in [-0.3, -0.25) is 4.79 Å². The van der Waals surface area contributed by atoms with E-state index in [2.05, 4.69) is 6.92 Å². The molecule has 0 bridgehead atoms. The maximum absolute atomic E-state index is 13.3. The van der Waals surface area contributed by atoms with Gasteiger partial charge in [0.25, 0.3) is 5.91 Å². The Kier molecular flexibility index (Phi) is 4.60. The van der Waals surface area contributed by atoms with Crippen molar-refractivity contribution in [1.82, 2.24) is 4.90 Å². The Morgan fingerprint density at radius 3 is 2.44 bits per heavy atom. The van der Waals surface area contributed by atoms with Gasteiger partial charge in [-0.25, -0.2) is 4.79 Å². The smallest absolute Gasteiger partial charge is 0.336 e. The number of aliphatic carboxylic acids is 1. The monoisotopic (exact) mass is 347 g/mol. The minimum absolute atomic E-state index is 0.304. The van der Waals surface area contributed by atoms with Gasteiger partial charge in [0.1, 0.15) is 0 Å². The number of benzene rings is 1. The van der Waals surface area contributed by atoms with Gasteiger partial charge in [0, 0.05) is 6.54 Å². The fraction of sp³-hybridized carbons (Fsp3) is 0.579. The lowest BCUT2D eigenvalue weighted by Gasteiger charge is -2.40. The molecule has 2 heterocycles. The average molecular weight is 347 g/mol. The highest BCUT2D eigenvalue weighted by Gasteiger charge is 2.54. The molecule has 1 aromatic rings. The fourth-order valence-electron chi connectivity index (χ4n) is 4.10. The lowest BCUT2D eigenvalue weighted by Crippen LogP contribution is -2.52. The van der Waals surface area contributed by atoms with Crippen molar-refractivity contribution in [2.24, 2.45) is 0 Å². The van der Waals surface area contributed by atoms with Crippen LogP contribution in [0.1, 0.15) is 45.6 Å². The van der Waals surface area contributed by atoms with Gasteiger partial charge in [0.2, 0.25) is 0 Å². The van der Waals surface area contributed by atoms with Crippen molar-refractivity contribution in [3.63, 3.8) is 0 Å². The number of ether oxygens (including phenoxy) is 2. The Bertz CT molecular complexity index is 659. The lowest BCUT2D eigenvalue weighted by molar-refractivity contribution is -0.168. The summed E-state index contributed by atoms with van der Waals surface area (Å²) < 4.78 is 11.1. The molecule has 2 aliphatic rings. The summed E-state index contributed by atoms with van der Waals surface area (Å²) in [6.07, 6.45) is 0.0860. The molecule has 0 saturated carbocycles. The van der Waals surface area contributed by atoms with Gasteiger partial charge in [0.15, 0.2) is 18.0 Å². The van der Waals surface area contributed by atoms with Crippen LogP contribution in [0.25, 0.3) is 0 Å². The first kappa shape index (κ1) is 17.9. The molecule has 6 nitrogen and oxygen atoms in total. The minimum atomic E-state index is -1.28. The second kappa shape index (κ2) is 6.42. The zero-order valence-electron chi connectivity index (χ0n) is 14.9. The Hall–Kier alpha value is -1.92. The predicted molar refractivity (Wildman–Crippen MR) is 90.8 cm³/mol. The van der Waals surface area contributed by atoms with E-state index in [1.807, 2.05) is 30.3 Å². The molecule has 1 amide bonds. The largest absolute Gasteiger partial charge is 0.479 e. The van der Waals surface area contributed by atoms with E-state index >= 15 is 0 Å². The van der Waals surface area contributed by atoms with Crippen molar-refractivity contribution >= 4 is 11.9 Å². The predicted octanol–water partition coefficient (Wildman–Crippen LogP) is 2.52. The molecule has 6 heteroatoms. The second-order valence-corrected chi connectivity index (χ2v) is 7.16. The van der Waals surface area contributed by atoms with Gasteiger partial charge < -0.3 is 19.5 Å². The van der Waals surface area contributed by atoms with Gasteiger partial charge in [-0.15, -0.1) is 0 Å². The minimum Gasteiger partial charge on any atom is -0.479 e. The maximum Gasteiger partial charge on any atom is 0.336 e. The SMILES string of the molecule is CCC1(c2ccccc2)CCCN1C(=O)[C@@H]1OC(C)(C)O[C@H]1C(=O)O. The zero-order chi connectivity index (χ0) is 18.2. The number of carbonyl (C=O) groups excluding carboxylic acids is 1. The number of carbonyl (C=O) groups is 2. The van der Waals surface area contributed by atoms with Crippen LogP contribution in [-0.2, 0) is 24.6 Å². The van der Waals surface area contributed by atoms with Gasteiger partial charge in [-0.1, -0.05) is 37.3 Å². The standard InChI is InChI=1S/C19H25NO5/c1-4-19(13-9-6-5-7-10-13)11-8-12-20(19)16(21)14-15(17(22)23)25-18(2,3)24-14/h5-7,9-10,14-15H,4,8,11-12H2,1-3H3,(H,22,23)/t14-,15-,19?/m1/s1. The van der Waals surface area contributed by atoms with Crippen LogP contribution < -0.4 is 0 Å². The molecule has 3 rings (SSSR count). The topological polar surface area (TPSA) is 76.1 Å². The van der Waals surface area contributed by atoms with Gasteiger partial charge in [-0.05, 0) is 38.7 Å². The van der Waals surface area contributed by atoms with E-state index in [0.29, 0.717) is 6.54 Å². The highest BCUT2D eigenvalue weighted by Crippen LogP contribution is 2.43. The summed E-state index contributed by atoms with van der Waals surface area (Å²) in [7, 11) is 0. The Morgan fingerprint density at radius 1 is 1.20 bits per heavy atom. The summed E-state index contributed by atoms with van der Waals surface area (Å²) in [5.41, 5.74) is 0.658. The molecule has 25 heavy (non-hydrogen) atoms. The van der Waals surface area contributed by atoms with E-state index in [4.69, 9.17) is 9.47 Å². The van der Waals surface area contributed by atoms with Crippen molar-refractivity contribution in [3.8, 4) is 0 Å². The maximum atomic E-state index is 13.3. The molecule has 2 saturated heterocycles. The lowest BCUT2D eigenvalue weighted by atomic mass is 9.84. The summed E-state index contributed by atoms with van der Waals surface area (Å²) in [6, 6.07) is 9.93. The molecular weight excluding hydrogens is 322 g/mol. The molecule has 0 radical (unpaired) electrons. The van der Waals surface area contributed by atoms with Crippen LogP contribution >= 0.6 is 0 Å². The van der Waals surface area contributed by atoms with Gasteiger partial charge >= 0.3 is 5.97 Å². The number of hydrogen-bond donors (Lipinski definition) is 1. The van der Waals surface area contributed by atoms with Crippen LogP contribution in [0, 0.1) is 0 Å². The highest BCUT2D eigenvalue weighted by atomic mass is 16.8. The molecule has 1 unspecified atom stereocenters. The molecule has 3 atom stereocenters. The third kappa shape index (κ3) is 3.04. The Balaban J connectivity index is 1.94. The van der Waals surface area contributed by atoms with E-state index < -0.39 is 29.5 Å². The normalized spacial score (nSPS) is 31.2. The van der Waals surface area contributed by atoms with Crippen molar-refractivity contribution in [3.05, 3.63) is 35.9 Å². The zero-order valence-corrected chi connectivity index (χ0v) is 14.9. The van der Waals surface area contributed by atoms with E-state index in [1.165, 1.54) is 0 Å². The number of carboxylic acid groups (broad SMARTS) is 1. The third-order valence-electron chi connectivity index (χ3n) is 5.23. The van der Waals surface area contributed by atoms with E-state index in [-0.39, 0.29) is 5.91 Å². The van der Waals surface area contributed by atoms with Gasteiger partial charge in [-0.2, -0.15) is 0 Å². The summed E-state index contributed by atoms with van der Waals surface area (Å²) in [5, 5.41) is 9.44. The van der Waals surface area contributed by atoms with E-state index in [1.54, 1.807) is 18.7 Å². The van der Waals surface area contributed by atoms with E-state index in [0.717, 1.165) is 24.8 Å². The van der Waals surface area contributed by atoms with Crippen molar-refractivity contribution < 1.29 is 24.2 Å². The molecule has 2 aliphatic heterocycles. The van der Waals surface area contributed by atoms with Crippen molar-refractivity contribution in [1.29, 1.82) is 0 Å². The number of hydrogen-bond acceptors (Lipinski definition) is 4. The number of rotatable bonds is 4. The summed E-state index contributed by atoms with van der Waals surface area (Å²) >= 11 is 0. The van der Waals surface area contributed by atoms with Gasteiger partial charge in [0.05, 0.1) is 5.54 Å². The molecule has 136 valence electrons. The molecule has 1 aromatic carbocycles. The fourth-order valence-corrected chi connectivity index (χ4v) is 4.10. The van der Waals surface area contributed by atoms with Crippen LogP contribution in [0.4, 0.5) is 0 Å². The van der Waals surface area contributed by atoms with E-state index in [9.17, 15) is 14.7 Å². The van der Waals surface area contributed by atoms with Crippen LogP contribution in [0.3, 0.4) is 0 Å². The van der Waals surface area contributed by atoms with Crippen LogP contribution in [0.15, 0.2) is 30.3 Å². The summed E-state index contributed by atoms with van der Waals surface area (Å²) in [4.78, 5) is 26.6. The molecule has 2 fully saturated rings. The first-order valence-corrected chi connectivity index (χ1v) is 8.76. The molecular formula is C19H25NO5. The first-order valence-electron chi connectivity index (χ1n) is 8.76. The molecule has 0 aromatic heterocycles. The Labute approximate surface area is 147 Å². The molecule has 1 N–H and O–H groups in total. The molecule has 0 spiro atoms. The highest BCUT2D eigenvalue weighted by molar-refractivity contribution is 5.89. The second-order valence-electron chi connectivity index (χ2n) is 7.16. The van der Waals surface area contributed by atoms with Crippen LogP contribution in [0.2, 0.25) is 0 Å². The van der Waals surface area contributed by atoms with Crippen LogP contribution in [0.5, 0.6) is 0 Å². The van der Waals surface area contributed by atoms with Crippen molar-refractivity contribution in [2.75, 3.05) is 6.54 Å². The third-order valence-corrected chi connectivity index (χ3v) is 5.23. The first-order chi connectivity index (χ1) is 11.8. The quantitative estimate of drug-likeness (QED) is 0.906. The summed E-state index contributed by atoms with van der Waals surface area (Å²) in [6.45, 7) is 5.91.